The van der Waals surface area contributed by atoms with Gasteiger partial charge in [0.25, 0.3) is 0 Å². The van der Waals surface area contributed by atoms with Crippen LogP contribution in [0.1, 0.15) is 16.7 Å². The summed E-state index contributed by atoms with van der Waals surface area (Å²) in [6.45, 7) is 1.69. The molecule has 1 unspecified atom stereocenters. The summed E-state index contributed by atoms with van der Waals surface area (Å²) in [6.07, 6.45) is -4.82. The Bertz CT molecular complexity index is 625. The van der Waals surface area contributed by atoms with E-state index in [0.29, 0.717) is 5.56 Å². The predicted molar refractivity (Wildman–Crippen MR) is 76.2 cm³/mol. The Morgan fingerprint density at radius 1 is 0.952 bits per heavy atom. The first-order valence-electron chi connectivity index (χ1n) is 6.44. The normalized spacial score (nSPS) is 14.6. The van der Waals surface area contributed by atoms with Crippen LogP contribution in [-0.4, -0.2) is 18.3 Å². The Hall–Kier alpha value is -2.01. The number of nitrogens with one attached hydrogen (secondary N) is 1. The third kappa shape index (κ3) is 2.61. The summed E-state index contributed by atoms with van der Waals surface area (Å²) in [5.74, 6) is 0. The number of aryl methyl sites for hydroxylation is 1. The largest absolute Gasteiger partial charge is 0.425 e. The second kappa shape index (κ2) is 5.41. The van der Waals surface area contributed by atoms with E-state index in [1.54, 1.807) is 20.0 Å². The highest BCUT2D eigenvalue weighted by atomic mass is 19.4. The molecule has 21 heavy (non-hydrogen) atoms. The molecular weight excluding hydrogens is 279 g/mol. The summed E-state index contributed by atoms with van der Waals surface area (Å²) >= 11 is 0. The lowest BCUT2D eigenvalue weighted by molar-refractivity contribution is -0.248. The van der Waals surface area contributed by atoms with Gasteiger partial charge in [-0.05, 0) is 29.7 Å². The average molecular weight is 295 g/mol. The second-order valence-corrected chi connectivity index (χ2v) is 4.85. The molecule has 0 aliphatic carbocycles. The maximum Gasteiger partial charge on any atom is 0.425 e. The molecule has 0 aliphatic rings. The molecule has 0 saturated heterocycles. The van der Waals surface area contributed by atoms with E-state index in [9.17, 15) is 18.3 Å². The lowest BCUT2D eigenvalue weighted by Gasteiger charge is -2.32. The van der Waals surface area contributed by atoms with Gasteiger partial charge in [0.1, 0.15) is 0 Å². The molecule has 0 spiro atoms. The average Bonchev–Trinajstić information content (AvgIpc) is 2.46. The van der Waals surface area contributed by atoms with Gasteiger partial charge >= 0.3 is 6.18 Å². The molecule has 0 bridgehead atoms. The summed E-state index contributed by atoms with van der Waals surface area (Å²) < 4.78 is 40.6. The van der Waals surface area contributed by atoms with Gasteiger partial charge in [-0.2, -0.15) is 13.2 Å². The van der Waals surface area contributed by atoms with Crippen molar-refractivity contribution in [2.24, 2.45) is 0 Å². The minimum absolute atomic E-state index is 0.197. The van der Waals surface area contributed by atoms with Crippen LogP contribution in [0, 0.1) is 6.92 Å². The van der Waals surface area contributed by atoms with Crippen LogP contribution in [0.2, 0.25) is 0 Å². The van der Waals surface area contributed by atoms with E-state index in [0.717, 1.165) is 5.69 Å². The third-order valence-corrected chi connectivity index (χ3v) is 3.52. The van der Waals surface area contributed by atoms with E-state index in [4.69, 9.17) is 0 Å². The summed E-state index contributed by atoms with van der Waals surface area (Å²) in [5, 5.41) is 13.3. The fraction of sp³-hybridized carbons (Fsp3) is 0.250. The van der Waals surface area contributed by atoms with E-state index in [1.807, 2.05) is 0 Å². The van der Waals surface area contributed by atoms with Gasteiger partial charge in [0.15, 0.2) is 0 Å². The van der Waals surface area contributed by atoms with Crippen LogP contribution in [0.5, 0.6) is 0 Å². The first-order valence-corrected chi connectivity index (χ1v) is 6.44. The zero-order valence-corrected chi connectivity index (χ0v) is 11.7. The SMILES string of the molecule is CNc1ccc(C(O)(c2ccccc2)C(F)(F)F)cc1C. The molecule has 0 fully saturated rings. The molecule has 0 saturated carbocycles. The molecular formula is C16H16F3NO. The summed E-state index contributed by atoms with van der Waals surface area (Å²) in [5.41, 5.74) is -2.07. The quantitative estimate of drug-likeness (QED) is 0.902. The van der Waals surface area contributed by atoms with Gasteiger partial charge in [-0.1, -0.05) is 42.5 Å². The van der Waals surface area contributed by atoms with Crippen LogP contribution in [0.3, 0.4) is 0 Å². The van der Waals surface area contributed by atoms with Crippen molar-refractivity contribution in [3.8, 4) is 0 Å². The molecule has 2 nitrogen and oxygen atoms in total. The number of anilines is 1. The summed E-state index contributed by atoms with van der Waals surface area (Å²) in [4.78, 5) is 0. The van der Waals surface area contributed by atoms with Crippen molar-refractivity contribution in [3.05, 3.63) is 65.2 Å². The lowest BCUT2D eigenvalue weighted by Crippen LogP contribution is -2.43. The number of alkyl halides is 3. The number of benzene rings is 2. The first kappa shape index (κ1) is 15.4. The maximum absolute atomic E-state index is 13.5. The first-order chi connectivity index (χ1) is 9.80. The van der Waals surface area contributed by atoms with Crippen molar-refractivity contribution >= 4 is 5.69 Å². The number of aliphatic hydroxyl groups is 1. The zero-order chi connectivity index (χ0) is 15.7. The Kier molecular flexibility index (Phi) is 3.96. The van der Waals surface area contributed by atoms with Gasteiger partial charge < -0.3 is 10.4 Å². The van der Waals surface area contributed by atoms with E-state index in [2.05, 4.69) is 5.32 Å². The topological polar surface area (TPSA) is 32.3 Å². The zero-order valence-electron chi connectivity index (χ0n) is 11.7. The van der Waals surface area contributed by atoms with Gasteiger partial charge in [0.2, 0.25) is 5.60 Å². The number of hydrogen-bond acceptors (Lipinski definition) is 2. The van der Waals surface area contributed by atoms with Gasteiger partial charge in [0, 0.05) is 12.7 Å². The highest BCUT2D eigenvalue weighted by Crippen LogP contribution is 2.44. The van der Waals surface area contributed by atoms with Crippen LogP contribution < -0.4 is 5.32 Å². The minimum Gasteiger partial charge on any atom is -0.388 e. The van der Waals surface area contributed by atoms with Crippen LogP contribution in [0.15, 0.2) is 48.5 Å². The van der Waals surface area contributed by atoms with Crippen molar-refractivity contribution in [1.82, 2.24) is 0 Å². The van der Waals surface area contributed by atoms with E-state index >= 15 is 0 Å². The number of rotatable bonds is 3. The van der Waals surface area contributed by atoms with Crippen molar-refractivity contribution in [2.45, 2.75) is 18.7 Å². The molecule has 2 aromatic carbocycles. The predicted octanol–water partition coefficient (Wildman–Crippen LogP) is 3.83. The Morgan fingerprint density at radius 3 is 2.05 bits per heavy atom. The fourth-order valence-corrected chi connectivity index (χ4v) is 2.34. The Labute approximate surface area is 121 Å². The summed E-state index contributed by atoms with van der Waals surface area (Å²) in [6, 6.07) is 11.3. The van der Waals surface area contributed by atoms with Gasteiger partial charge in [-0.15, -0.1) is 0 Å². The second-order valence-electron chi connectivity index (χ2n) is 4.85. The van der Waals surface area contributed by atoms with Gasteiger partial charge in [-0.3, -0.25) is 0 Å². The minimum atomic E-state index is -4.82. The van der Waals surface area contributed by atoms with Crippen LogP contribution in [0.4, 0.5) is 18.9 Å². The Balaban J connectivity index is 2.65. The standard InChI is InChI=1S/C16H16F3NO/c1-11-10-13(8-9-14(11)20-2)15(21,16(17,18)19)12-6-4-3-5-7-12/h3-10,20-21H,1-2H3. The Morgan fingerprint density at radius 2 is 1.57 bits per heavy atom. The van der Waals surface area contributed by atoms with Gasteiger partial charge in [-0.25, -0.2) is 0 Å². The molecule has 0 aromatic heterocycles. The monoisotopic (exact) mass is 295 g/mol. The van der Waals surface area contributed by atoms with Crippen molar-refractivity contribution in [2.75, 3.05) is 12.4 Å². The van der Waals surface area contributed by atoms with E-state index in [-0.39, 0.29) is 11.1 Å². The van der Waals surface area contributed by atoms with Crippen molar-refractivity contribution in [3.63, 3.8) is 0 Å². The molecule has 2 rings (SSSR count). The van der Waals surface area contributed by atoms with Crippen LogP contribution in [0.25, 0.3) is 0 Å². The third-order valence-electron chi connectivity index (χ3n) is 3.52. The fourth-order valence-electron chi connectivity index (χ4n) is 2.34. The van der Waals surface area contributed by atoms with Crippen LogP contribution in [-0.2, 0) is 5.60 Å². The highest BCUT2D eigenvalue weighted by Gasteiger charge is 2.56. The highest BCUT2D eigenvalue weighted by molar-refractivity contribution is 5.54. The molecule has 5 heteroatoms. The number of hydrogen-bond donors (Lipinski definition) is 2. The van der Waals surface area contributed by atoms with Crippen molar-refractivity contribution in [1.29, 1.82) is 0 Å². The molecule has 0 heterocycles. The molecule has 0 aliphatic heterocycles. The number of halogens is 3. The van der Waals surface area contributed by atoms with E-state index in [1.165, 1.54) is 42.5 Å². The van der Waals surface area contributed by atoms with Gasteiger partial charge in [0.05, 0.1) is 0 Å². The lowest BCUT2D eigenvalue weighted by atomic mass is 9.85. The molecule has 112 valence electrons. The molecule has 0 amide bonds. The summed E-state index contributed by atoms with van der Waals surface area (Å²) in [7, 11) is 1.69. The molecule has 2 N–H and O–H groups in total. The smallest absolute Gasteiger partial charge is 0.388 e. The maximum atomic E-state index is 13.5. The molecule has 1 atom stereocenters. The molecule has 2 aromatic rings. The van der Waals surface area contributed by atoms with E-state index < -0.39 is 11.8 Å². The van der Waals surface area contributed by atoms with Crippen molar-refractivity contribution < 1.29 is 18.3 Å². The van der Waals surface area contributed by atoms with Crippen LogP contribution >= 0.6 is 0 Å². The molecule has 0 radical (unpaired) electrons.